The maximum Gasteiger partial charge on any atom is 0.337 e. The molecule has 0 saturated carbocycles. The molecule has 2 rings (SSSR count). The van der Waals surface area contributed by atoms with Crippen LogP contribution in [0.2, 0.25) is 0 Å². The van der Waals surface area contributed by atoms with Crippen LogP contribution in [0.4, 0.5) is 0 Å². The third-order valence-electron chi connectivity index (χ3n) is 3.21. The first-order chi connectivity index (χ1) is 11.0. The van der Waals surface area contributed by atoms with Crippen LogP contribution in [0.25, 0.3) is 12.2 Å². The monoisotopic (exact) mass is 374 g/mol. The molecular weight excluding hydrogens is 360 g/mol. The maximum absolute atomic E-state index is 11.5. The number of esters is 2. The summed E-state index contributed by atoms with van der Waals surface area (Å²) in [6.07, 6.45) is 3.83. The van der Waals surface area contributed by atoms with Crippen LogP contribution in [-0.4, -0.2) is 26.2 Å². The minimum atomic E-state index is -0.375. The lowest BCUT2D eigenvalue weighted by molar-refractivity contribution is 0.0592. The molecule has 0 aromatic heterocycles. The van der Waals surface area contributed by atoms with Gasteiger partial charge in [-0.2, -0.15) is 0 Å². The second-order valence-electron chi connectivity index (χ2n) is 4.67. The number of rotatable bonds is 4. The molecule has 0 fully saturated rings. The Morgan fingerprint density at radius 2 is 1.43 bits per heavy atom. The number of methoxy groups -OCH3 is 2. The third-order valence-corrected chi connectivity index (χ3v) is 3.90. The summed E-state index contributed by atoms with van der Waals surface area (Å²) in [5, 5.41) is 0. The van der Waals surface area contributed by atoms with Gasteiger partial charge in [0.2, 0.25) is 0 Å². The fourth-order valence-electron chi connectivity index (χ4n) is 1.94. The number of carbonyl (C=O) groups excluding carboxylic acids is 2. The van der Waals surface area contributed by atoms with Crippen molar-refractivity contribution >= 4 is 40.0 Å². The van der Waals surface area contributed by atoms with Crippen LogP contribution in [0, 0.1) is 0 Å². The summed E-state index contributed by atoms with van der Waals surface area (Å²) in [4.78, 5) is 22.8. The van der Waals surface area contributed by atoms with E-state index in [9.17, 15) is 9.59 Å². The van der Waals surface area contributed by atoms with Crippen LogP contribution in [0.3, 0.4) is 0 Å². The summed E-state index contributed by atoms with van der Waals surface area (Å²) < 4.78 is 10.1. The zero-order valence-corrected chi connectivity index (χ0v) is 14.3. The van der Waals surface area contributed by atoms with Gasteiger partial charge in [0.05, 0.1) is 25.3 Å². The molecule has 23 heavy (non-hydrogen) atoms. The van der Waals surface area contributed by atoms with Crippen molar-refractivity contribution in [3.63, 3.8) is 0 Å². The molecular formula is C18H15BrO4. The minimum Gasteiger partial charge on any atom is -0.465 e. The van der Waals surface area contributed by atoms with Gasteiger partial charge in [-0.1, -0.05) is 46.3 Å². The fraction of sp³-hybridized carbons (Fsp3) is 0.111. The molecule has 2 aromatic carbocycles. The van der Waals surface area contributed by atoms with E-state index in [0.717, 1.165) is 15.6 Å². The number of carbonyl (C=O) groups is 2. The first-order valence-electron chi connectivity index (χ1n) is 6.79. The predicted octanol–water partition coefficient (Wildman–Crippen LogP) is 4.19. The molecule has 0 unspecified atom stereocenters. The second kappa shape index (κ2) is 7.74. The summed E-state index contributed by atoms with van der Waals surface area (Å²) in [6.45, 7) is 0. The lowest BCUT2D eigenvalue weighted by Crippen LogP contribution is -2.00. The van der Waals surface area contributed by atoms with Crippen molar-refractivity contribution in [1.29, 1.82) is 0 Å². The Kier molecular flexibility index (Phi) is 5.71. The van der Waals surface area contributed by atoms with E-state index < -0.39 is 0 Å². The minimum absolute atomic E-state index is 0.360. The summed E-state index contributed by atoms with van der Waals surface area (Å²) in [5.41, 5.74) is 2.86. The zero-order chi connectivity index (χ0) is 16.8. The largest absolute Gasteiger partial charge is 0.465 e. The van der Waals surface area contributed by atoms with E-state index in [1.54, 1.807) is 24.3 Å². The Labute approximate surface area is 142 Å². The standard InChI is InChI=1S/C18H15BrO4/c1-22-17(20)14-7-4-12(5-8-14)3-6-13-9-10-15(11-16(13)19)18(21)23-2/h3-11H,1-2H3/b6-3+. The van der Waals surface area contributed by atoms with E-state index in [0.29, 0.717) is 11.1 Å². The Morgan fingerprint density at radius 3 is 2.00 bits per heavy atom. The quantitative estimate of drug-likeness (QED) is 0.594. The highest BCUT2D eigenvalue weighted by Gasteiger charge is 2.07. The lowest BCUT2D eigenvalue weighted by Gasteiger charge is -2.03. The second-order valence-corrected chi connectivity index (χ2v) is 5.53. The number of halogens is 1. The SMILES string of the molecule is COC(=O)c1ccc(/C=C/c2ccc(C(=O)OC)cc2Br)cc1. The van der Waals surface area contributed by atoms with Crippen LogP contribution >= 0.6 is 15.9 Å². The van der Waals surface area contributed by atoms with E-state index >= 15 is 0 Å². The zero-order valence-electron chi connectivity index (χ0n) is 12.7. The van der Waals surface area contributed by atoms with Gasteiger partial charge in [-0.3, -0.25) is 0 Å². The van der Waals surface area contributed by atoms with Crippen molar-refractivity contribution < 1.29 is 19.1 Å². The van der Waals surface area contributed by atoms with E-state index in [4.69, 9.17) is 0 Å². The van der Waals surface area contributed by atoms with Crippen molar-refractivity contribution in [3.8, 4) is 0 Å². The molecule has 0 N–H and O–H groups in total. The first kappa shape index (κ1) is 17.0. The molecule has 2 aromatic rings. The fourth-order valence-corrected chi connectivity index (χ4v) is 2.45. The molecule has 4 nitrogen and oxygen atoms in total. The molecule has 0 bridgehead atoms. The average Bonchev–Trinajstić information content (AvgIpc) is 2.59. The molecule has 118 valence electrons. The van der Waals surface area contributed by atoms with Crippen molar-refractivity contribution in [3.05, 3.63) is 69.2 Å². The molecule has 0 spiro atoms. The van der Waals surface area contributed by atoms with Crippen molar-refractivity contribution in [2.75, 3.05) is 14.2 Å². The molecule has 0 amide bonds. The number of benzene rings is 2. The topological polar surface area (TPSA) is 52.6 Å². The van der Waals surface area contributed by atoms with Crippen LogP contribution in [0.15, 0.2) is 46.9 Å². The molecule has 5 heteroatoms. The molecule has 0 atom stereocenters. The van der Waals surface area contributed by atoms with E-state index in [2.05, 4.69) is 25.4 Å². The molecule has 0 aliphatic carbocycles. The van der Waals surface area contributed by atoms with E-state index in [-0.39, 0.29) is 11.9 Å². The summed E-state index contributed by atoms with van der Waals surface area (Å²) in [5.74, 6) is -0.735. The molecule has 0 radical (unpaired) electrons. The van der Waals surface area contributed by atoms with Crippen LogP contribution in [-0.2, 0) is 9.47 Å². The molecule has 0 aliphatic rings. The lowest BCUT2D eigenvalue weighted by atomic mass is 10.1. The normalized spacial score (nSPS) is 10.6. The van der Waals surface area contributed by atoms with Crippen LogP contribution in [0.1, 0.15) is 31.8 Å². The molecule has 0 aliphatic heterocycles. The van der Waals surface area contributed by atoms with E-state index in [1.807, 2.05) is 30.4 Å². The van der Waals surface area contributed by atoms with Gasteiger partial charge < -0.3 is 9.47 Å². The summed E-state index contributed by atoms with van der Waals surface area (Å²) in [7, 11) is 2.70. The number of hydrogen-bond donors (Lipinski definition) is 0. The van der Waals surface area contributed by atoms with Gasteiger partial charge >= 0.3 is 11.9 Å². The van der Waals surface area contributed by atoms with Gasteiger partial charge in [-0.15, -0.1) is 0 Å². The van der Waals surface area contributed by atoms with Gasteiger partial charge in [0.15, 0.2) is 0 Å². The Bertz CT molecular complexity index is 748. The molecule has 0 saturated heterocycles. The summed E-state index contributed by atoms with van der Waals surface area (Å²) >= 11 is 3.44. The summed E-state index contributed by atoms with van der Waals surface area (Å²) in [6, 6.07) is 12.3. The highest BCUT2D eigenvalue weighted by atomic mass is 79.9. The van der Waals surface area contributed by atoms with Gasteiger partial charge in [0, 0.05) is 4.47 Å². The van der Waals surface area contributed by atoms with Crippen molar-refractivity contribution in [1.82, 2.24) is 0 Å². The number of hydrogen-bond acceptors (Lipinski definition) is 4. The Morgan fingerprint density at radius 1 is 0.870 bits per heavy atom. The van der Waals surface area contributed by atoms with Gasteiger partial charge in [0.1, 0.15) is 0 Å². The van der Waals surface area contributed by atoms with Gasteiger partial charge in [0.25, 0.3) is 0 Å². The van der Waals surface area contributed by atoms with Crippen molar-refractivity contribution in [2.24, 2.45) is 0 Å². The van der Waals surface area contributed by atoms with Gasteiger partial charge in [-0.25, -0.2) is 9.59 Å². The van der Waals surface area contributed by atoms with E-state index in [1.165, 1.54) is 14.2 Å². The highest BCUT2D eigenvalue weighted by Crippen LogP contribution is 2.21. The smallest absolute Gasteiger partial charge is 0.337 e. The first-order valence-corrected chi connectivity index (χ1v) is 7.59. The third kappa shape index (κ3) is 4.29. The van der Waals surface area contributed by atoms with Crippen molar-refractivity contribution in [2.45, 2.75) is 0 Å². The highest BCUT2D eigenvalue weighted by molar-refractivity contribution is 9.10. The Balaban J connectivity index is 2.17. The Hall–Kier alpha value is -2.40. The van der Waals surface area contributed by atoms with Gasteiger partial charge in [-0.05, 0) is 35.4 Å². The van der Waals surface area contributed by atoms with Crippen LogP contribution in [0.5, 0.6) is 0 Å². The average molecular weight is 375 g/mol. The predicted molar refractivity (Wildman–Crippen MR) is 92.2 cm³/mol. The van der Waals surface area contributed by atoms with Crippen LogP contribution < -0.4 is 0 Å². The maximum atomic E-state index is 11.5. The molecule has 0 heterocycles. The number of ether oxygens (including phenoxy) is 2.